The highest BCUT2D eigenvalue weighted by Gasteiger charge is 2.37. The molecule has 23 heavy (non-hydrogen) atoms. The minimum absolute atomic E-state index is 0.478. The Morgan fingerprint density at radius 3 is 2.43 bits per heavy atom. The molecule has 0 bridgehead atoms. The first-order valence-electron chi connectivity index (χ1n) is 8.80. The molecule has 1 heterocycles. The molecule has 0 aromatic carbocycles. The number of rotatable bonds is 6. The number of aromatic nitrogens is 2. The van der Waals surface area contributed by atoms with Crippen molar-refractivity contribution in [2.24, 2.45) is 23.4 Å². The molecule has 1 fully saturated rings. The van der Waals surface area contributed by atoms with E-state index in [2.05, 4.69) is 48.4 Å². The van der Waals surface area contributed by atoms with Gasteiger partial charge in [-0.1, -0.05) is 20.3 Å². The normalized spacial score (nSPS) is 17.3. The average Bonchev–Trinajstić information content (AvgIpc) is 2.69. The van der Waals surface area contributed by atoms with Gasteiger partial charge >= 0.3 is 0 Å². The number of guanidine groups is 1. The van der Waals surface area contributed by atoms with Gasteiger partial charge in [0.25, 0.3) is 0 Å². The van der Waals surface area contributed by atoms with Crippen LogP contribution in [0.25, 0.3) is 0 Å². The van der Waals surface area contributed by atoms with Crippen molar-refractivity contribution in [3.05, 3.63) is 17.0 Å². The van der Waals surface area contributed by atoms with Crippen molar-refractivity contribution in [1.29, 1.82) is 0 Å². The van der Waals surface area contributed by atoms with Gasteiger partial charge in [-0.05, 0) is 44.4 Å². The van der Waals surface area contributed by atoms with Crippen molar-refractivity contribution < 1.29 is 0 Å². The van der Waals surface area contributed by atoms with Gasteiger partial charge in [0.15, 0.2) is 5.96 Å². The van der Waals surface area contributed by atoms with E-state index in [1.807, 2.05) is 18.8 Å². The molecule has 0 unspecified atom stereocenters. The second-order valence-corrected chi connectivity index (χ2v) is 7.50. The van der Waals surface area contributed by atoms with Crippen molar-refractivity contribution in [2.45, 2.75) is 59.9 Å². The lowest BCUT2D eigenvalue weighted by Crippen LogP contribution is -2.46. The summed E-state index contributed by atoms with van der Waals surface area (Å²) < 4.78 is 1.94. The van der Waals surface area contributed by atoms with Gasteiger partial charge in [0.2, 0.25) is 0 Å². The summed E-state index contributed by atoms with van der Waals surface area (Å²) in [5.74, 6) is 1.65. The molecule has 0 spiro atoms. The predicted octanol–water partition coefficient (Wildman–Crippen LogP) is 2.92. The lowest BCUT2D eigenvalue weighted by atomic mass is 9.64. The highest BCUT2D eigenvalue weighted by atomic mass is 15.3. The van der Waals surface area contributed by atoms with Crippen molar-refractivity contribution in [3.63, 3.8) is 0 Å². The zero-order valence-electron chi connectivity index (χ0n) is 15.7. The number of aliphatic imine (C=N–C) groups is 1. The molecule has 5 nitrogen and oxygen atoms in total. The molecule has 0 radical (unpaired) electrons. The molecule has 2 N–H and O–H groups in total. The lowest BCUT2D eigenvalue weighted by Gasteiger charge is -2.43. The lowest BCUT2D eigenvalue weighted by molar-refractivity contribution is 0.104. The molecule has 1 aromatic rings. The van der Waals surface area contributed by atoms with Gasteiger partial charge in [0, 0.05) is 38.4 Å². The molecule has 1 saturated carbocycles. The number of hydrogen-bond acceptors (Lipinski definition) is 2. The smallest absolute Gasteiger partial charge is 0.191 e. The fraction of sp³-hybridized carbons (Fsp3) is 0.778. The third-order valence-electron chi connectivity index (χ3n) is 5.20. The van der Waals surface area contributed by atoms with Crippen molar-refractivity contribution in [2.75, 3.05) is 13.6 Å². The maximum absolute atomic E-state index is 4.47. The Labute approximate surface area is 141 Å². The standard InChI is InChI=1S/C18H33N5/c1-13(2)10-18(8-7-9-18)12-21-17(19-5)20-11-16-14(3)22-23(6)15(16)4/h13H,7-12H2,1-6H3,(H2,19,20,21). The number of nitrogens with zero attached hydrogens (tertiary/aromatic N) is 3. The van der Waals surface area contributed by atoms with Crippen LogP contribution in [0.3, 0.4) is 0 Å². The van der Waals surface area contributed by atoms with Crippen LogP contribution in [0.15, 0.2) is 4.99 Å². The third-order valence-corrected chi connectivity index (χ3v) is 5.20. The van der Waals surface area contributed by atoms with E-state index in [1.54, 1.807) is 0 Å². The Kier molecular flexibility index (Phi) is 5.71. The molecular formula is C18H33N5. The van der Waals surface area contributed by atoms with E-state index < -0.39 is 0 Å². The monoisotopic (exact) mass is 319 g/mol. The van der Waals surface area contributed by atoms with Crippen LogP contribution in [0.2, 0.25) is 0 Å². The van der Waals surface area contributed by atoms with E-state index in [9.17, 15) is 0 Å². The van der Waals surface area contributed by atoms with E-state index in [0.29, 0.717) is 5.41 Å². The molecule has 1 aliphatic carbocycles. The number of nitrogens with one attached hydrogen (secondary N) is 2. The van der Waals surface area contributed by atoms with Gasteiger partial charge in [0.1, 0.15) is 0 Å². The summed E-state index contributed by atoms with van der Waals surface area (Å²) >= 11 is 0. The van der Waals surface area contributed by atoms with Gasteiger partial charge in [-0.25, -0.2) is 0 Å². The largest absolute Gasteiger partial charge is 0.356 e. The SMILES string of the molecule is CN=C(NCc1c(C)nn(C)c1C)NCC1(CC(C)C)CCC1. The summed E-state index contributed by atoms with van der Waals surface area (Å²) in [6.07, 6.45) is 5.36. The van der Waals surface area contributed by atoms with Crippen molar-refractivity contribution in [1.82, 2.24) is 20.4 Å². The number of hydrogen-bond donors (Lipinski definition) is 2. The summed E-state index contributed by atoms with van der Waals surface area (Å²) in [6.45, 7) is 10.6. The predicted molar refractivity (Wildman–Crippen MR) is 96.6 cm³/mol. The molecule has 0 saturated heterocycles. The van der Waals surface area contributed by atoms with Crippen LogP contribution in [0.5, 0.6) is 0 Å². The van der Waals surface area contributed by atoms with E-state index >= 15 is 0 Å². The first kappa shape index (κ1) is 17.8. The maximum atomic E-state index is 4.47. The van der Waals surface area contributed by atoms with Crippen LogP contribution in [0.1, 0.15) is 56.5 Å². The van der Waals surface area contributed by atoms with Gasteiger partial charge < -0.3 is 10.6 Å². The first-order chi connectivity index (χ1) is 10.9. The van der Waals surface area contributed by atoms with E-state index in [1.165, 1.54) is 36.9 Å². The maximum Gasteiger partial charge on any atom is 0.191 e. The molecule has 0 atom stereocenters. The Balaban J connectivity index is 1.88. The zero-order valence-corrected chi connectivity index (χ0v) is 15.7. The van der Waals surface area contributed by atoms with Crippen LogP contribution >= 0.6 is 0 Å². The van der Waals surface area contributed by atoms with Gasteiger partial charge in [0.05, 0.1) is 5.69 Å². The molecule has 130 valence electrons. The average molecular weight is 319 g/mol. The Bertz CT molecular complexity index is 552. The van der Waals surface area contributed by atoms with E-state index in [4.69, 9.17) is 0 Å². The van der Waals surface area contributed by atoms with Gasteiger partial charge in [-0.3, -0.25) is 9.67 Å². The summed E-state index contributed by atoms with van der Waals surface area (Å²) in [6, 6.07) is 0. The zero-order chi connectivity index (χ0) is 17.0. The molecule has 0 amide bonds. The van der Waals surface area contributed by atoms with Crippen molar-refractivity contribution >= 4 is 5.96 Å². The first-order valence-corrected chi connectivity index (χ1v) is 8.80. The second kappa shape index (κ2) is 7.37. The summed E-state index contributed by atoms with van der Waals surface area (Å²) in [5.41, 5.74) is 4.03. The fourth-order valence-corrected chi connectivity index (χ4v) is 3.73. The quantitative estimate of drug-likeness (QED) is 0.626. The third kappa shape index (κ3) is 4.27. The van der Waals surface area contributed by atoms with Crippen molar-refractivity contribution in [3.8, 4) is 0 Å². The minimum atomic E-state index is 0.478. The Morgan fingerprint density at radius 2 is 2.00 bits per heavy atom. The molecule has 2 rings (SSSR count). The molecule has 1 aliphatic rings. The van der Waals surface area contributed by atoms with Crippen LogP contribution in [-0.2, 0) is 13.6 Å². The Morgan fingerprint density at radius 1 is 1.30 bits per heavy atom. The summed E-state index contributed by atoms with van der Waals surface area (Å²) in [5, 5.41) is 11.5. The Hall–Kier alpha value is -1.52. The summed E-state index contributed by atoms with van der Waals surface area (Å²) in [7, 11) is 3.83. The van der Waals surface area contributed by atoms with Gasteiger partial charge in [-0.15, -0.1) is 0 Å². The highest BCUT2D eigenvalue weighted by Crippen LogP contribution is 2.45. The fourth-order valence-electron chi connectivity index (χ4n) is 3.73. The van der Waals surface area contributed by atoms with E-state index in [0.717, 1.165) is 30.7 Å². The highest BCUT2D eigenvalue weighted by molar-refractivity contribution is 5.79. The van der Waals surface area contributed by atoms with E-state index in [-0.39, 0.29) is 0 Å². The molecular weight excluding hydrogens is 286 g/mol. The number of aryl methyl sites for hydroxylation is 2. The molecule has 1 aromatic heterocycles. The van der Waals surface area contributed by atoms with Crippen LogP contribution in [0, 0.1) is 25.2 Å². The van der Waals surface area contributed by atoms with Crippen LogP contribution in [0.4, 0.5) is 0 Å². The topological polar surface area (TPSA) is 54.2 Å². The molecule has 0 aliphatic heterocycles. The van der Waals surface area contributed by atoms with Crippen LogP contribution in [-0.4, -0.2) is 29.3 Å². The summed E-state index contributed by atoms with van der Waals surface area (Å²) in [4.78, 5) is 4.38. The van der Waals surface area contributed by atoms with Gasteiger partial charge in [-0.2, -0.15) is 5.10 Å². The molecule has 5 heteroatoms. The minimum Gasteiger partial charge on any atom is -0.356 e. The second-order valence-electron chi connectivity index (χ2n) is 7.50. The van der Waals surface area contributed by atoms with Crippen LogP contribution < -0.4 is 10.6 Å².